The lowest BCUT2D eigenvalue weighted by atomic mass is 10.1. The molecule has 3 aromatic heterocycles. The standard InChI is InChI=1S/C23H17Cl2N5O/c24-13-2-4-19-15(8-13)17-10-18-16-9-14(25)3-5-20(16)29-22(18)23(21(17)28-19)31-7-1-6-30-12-26-11-27-30/h2-5,8-12,28-29H,1,6-7H2. The van der Waals surface area contributed by atoms with Gasteiger partial charge in [0.05, 0.1) is 17.6 Å². The van der Waals surface area contributed by atoms with E-state index in [2.05, 4.69) is 26.1 Å². The first-order valence-electron chi connectivity index (χ1n) is 9.97. The number of nitrogens with one attached hydrogen (secondary N) is 2. The Kier molecular flexibility index (Phi) is 4.30. The van der Waals surface area contributed by atoms with Crippen molar-refractivity contribution in [1.29, 1.82) is 0 Å². The summed E-state index contributed by atoms with van der Waals surface area (Å²) in [6, 6.07) is 13.9. The lowest BCUT2D eigenvalue weighted by molar-refractivity contribution is 0.304. The fourth-order valence-corrected chi connectivity index (χ4v) is 4.53. The van der Waals surface area contributed by atoms with Gasteiger partial charge >= 0.3 is 0 Å². The van der Waals surface area contributed by atoms with E-state index >= 15 is 0 Å². The number of aryl methyl sites for hydroxylation is 1. The zero-order chi connectivity index (χ0) is 20.9. The number of nitrogens with zero attached hydrogens (tertiary/aromatic N) is 3. The second kappa shape index (κ2) is 7.18. The van der Waals surface area contributed by atoms with Gasteiger partial charge in [-0.3, -0.25) is 4.68 Å². The van der Waals surface area contributed by atoms with Gasteiger partial charge in [-0.25, -0.2) is 4.98 Å². The average molecular weight is 450 g/mol. The minimum Gasteiger partial charge on any atom is -0.489 e. The third-order valence-electron chi connectivity index (χ3n) is 5.59. The molecule has 2 N–H and O–H groups in total. The summed E-state index contributed by atoms with van der Waals surface area (Å²) >= 11 is 12.6. The minimum absolute atomic E-state index is 0.542. The van der Waals surface area contributed by atoms with E-state index in [0.717, 1.165) is 62.3 Å². The van der Waals surface area contributed by atoms with Crippen LogP contribution in [0.3, 0.4) is 0 Å². The second-order valence-corrected chi connectivity index (χ2v) is 8.41. The van der Waals surface area contributed by atoms with Crippen LogP contribution in [0.4, 0.5) is 0 Å². The van der Waals surface area contributed by atoms with Crippen LogP contribution in [-0.2, 0) is 6.54 Å². The van der Waals surface area contributed by atoms with Crippen molar-refractivity contribution in [3.05, 3.63) is 65.2 Å². The van der Waals surface area contributed by atoms with Crippen molar-refractivity contribution in [2.75, 3.05) is 6.61 Å². The molecule has 8 heteroatoms. The first kappa shape index (κ1) is 18.5. The Morgan fingerprint density at radius 3 is 2.06 bits per heavy atom. The van der Waals surface area contributed by atoms with Crippen molar-refractivity contribution in [2.24, 2.45) is 0 Å². The third kappa shape index (κ3) is 3.10. The van der Waals surface area contributed by atoms with Crippen LogP contribution in [-0.4, -0.2) is 31.3 Å². The Balaban J connectivity index is 1.53. The molecule has 0 saturated heterocycles. The molecule has 0 radical (unpaired) electrons. The topological polar surface area (TPSA) is 71.5 Å². The highest BCUT2D eigenvalue weighted by Gasteiger charge is 2.18. The van der Waals surface area contributed by atoms with Gasteiger partial charge in [0.15, 0.2) is 5.75 Å². The molecule has 6 aromatic rings. The van der Waals surface area contributed by atoms with E-state index in [0.29, 0.717) is 16.7 Å². The van der Waals surface area contributed by atoms with E-state index in [1.807, 2.05) is 36.4 Å². The van der Waals surface area contributed by atoms with Crippen molar-refractivity contribution in [1.82, 2.24) is 24.7 Å². The zero-order valence-electron chi connectivity index (χ0n) is 16.3. The largest absolute Gasteiger partial charge is 0.489 e. The molecule has 154 valence electrons. The monoisotopic (exact) mass is 449 g/mol. The summed E-state index contributed by atoms with van der Waals surface area (Å²) < 4.78 is 8.16. The highest BCUT2D eigenvalue weighted by molar-refractivity contribution is 6.33. The lowest BCUT2D eigenvalue weighted by Gasteiger charge is -2.09. The maximum atomic E-state index is 6.36. The van der Waals surface area contributed by atoms with Gasteiger partial charge in [0.25, 0.3) is 0 Å². The Morgan fingerprint density at radius 2 is 1.48 bits per heavy atom. The van der Waals surface area contributed by atoms with Crippen LogP contribution in [0.2, 0.25) is 10.0 Å². The molecule has 6 nitrogen and oxygen atoms in total. The first-order valence-corrected chi connectivity index (χ1v) is 10.7. The Labute approximate surface area is 186 Å². The van der Waals surface area contributed by atoms with Gasteiger partial charge in [0.2, 0.25) is 0 Å². The number of fused-ring (bicyclic) bond motifs is 6. The van der Waals surface area contributed by atoms with Crippen molar-refractivity contribution in [3.8, 4) is 5.75 Å². The number of aromatic nitrogens is 5. The number of H-pyrrole nitrogens is 2. The molecule has 0 amide bonds. The molecule has 0 spiro atoms. The first-order chi connectivity index (χ1) is 15.2. The molecular formula is C23H17Cl2N5O. The number of halogens is 2. The van der Waals surface area contributed by atoms with E-state index < -0.39 is 0 Å². The van der Waals surface area contributed by atoms with Crippen LogP contribution in [0, 0.1) is 0 Å². The molecule has 0 aliphatic rings. The highest BCUT2D eigenvalue weighted by Crippen LogP contribution is 2.41. The van der Waals surface area contributed by atoms with Gasteiger partial charge < -0.3 is 14.7 Å². The van der Waals surface area contributed by atoms with E-state index in [4.69, 9.17) is 27.9 Å². The average Bonchev–Trinajstić information content (AvgIpc) is 3.48. The van der Waals surface area contributed by atoms with Crippen molar-refractivity contribution >= 4 is 66.8 Å². The van der Waals surface area contributed by atoms with Gasteiger partial charge in [-0.15, -0.1) is 0 Å². The van der Waals surface area contributed by atoms with E-state index in [-0.39, 0.29) is 0 Å². The number of hydrogen-bond donors (Lipinski definition) is 2. The molecule has 0 saturated carbocycles. The van der Waals surface area contributed by atoms with Crippen LogP contribution < -0.4 is 4.74 Å². The fraction of sp³-hybridized carbons (Fsp3) is 0.130. The number of ether oxygens (including phenoxy) is 1. The summed E-state index contributed by atoms with van der Waals surface area (Å²) in [6.45, 7) is 1.28. The predicted octanol–water partition coefficient (Wildman–Crippen LogP) is 6.32. The third-order valence-corrected chi connectivity index (χ3v) is 6.06. The lowest BCUT2D eigenvalue weighted by Crippen LogP contribution is -2.05. The van der Waals surface area contributed by atoms with Crippen molar-refractivity contribution in [2.45, 2.75) is 13.0 Å². The molecule has 3 aromatic carbocycles. The van der Waals surface area contributed by atoms with E-state index in [9.17, 15) is 0 Å². The molecule has 0 fully saturated rings. The number of aromatic amines is 2. The molecule has 0 unspecified atom stereocenters. The molecule has 0 atom stereocenters. The number of rotatable bonds is 5. The molecule has 0 bridgehead atoms. The summed E-state index contributed by atoms with van der Waals surface area (Å²) in [5, 5.41) is 9.81. The van der Waals surface area contributed by atoms with Gasteiger partial charge in [0.1, 0.15) is 12.7 Å². The summed E-state index contributed by atoms with van der Waals surface area (Å²) in [6.07, 6.45) is 4.05. The van der Waals surface area contributed by atoms with Crippen LogP contribution in [0.5, 0.6) is 5.75 Å². The van der Waals surface area contributed by atoms with Gasteiger partial charge in [0, 0.05) is 55.6 Å². The van der Waals surface area contributed by atoms with Crippen molar-refractivity contribution in [3.63, 3.8) is 0 Å². The van der Waals surface area contributed by atoms with Crippen LogP contribution in [0.25, 0.3) is 43.6 Å². The highest BCUT2D eigenvalue weighted by atomic mass is 35.5. The number of hydrogen-bond acceptors (Lipinski definition) is 3. The smallest absolute Gasteiger partial charge is 0.167 e. The quantitative estimate of drug-likeness (QED) is 0.302. The summed E-state index contributed by atoms with van der Waals surface area (Å²) in [7, 11) is 0. The molecule has 0 aliphatic heterocycles. The molecule has 6 rings (SSSR count). The predicted molar refractivity (Wildman–Crippen MR) is 125 cm³/mol. The second-order valence-electron chi connectivity index (χ2n) is 7.54. The SMILES string of the molecule is Clc1ccc2[nH]c3c(OCCCn4cncn4)c4[nH]c5ccc(Cl)cc5c4cc3c2c1. The Morgan fingerprint density at radius 1 is 0.839 bits per heavy atom. The molecule has 31 heavy (non-hydrogen) atoms. The summed E-state index contributed by atoms with van der Waals surface area (Å²) in [5.74, 6) is 0.797. The minimum atomic E-state index is 0.542. The number of benzene rings is 3. The summed E-state index contributed by atoms with van der Waals surface area (Å²) in [5.41, 5.74) is 3.93. The fourth-order valence-electron chi connectivity index (χ4n) is 4.19. The van der Waals surface area contributed by atoms with Crippen LogP contribution in [0.1, 0.15) is 6.42 Å². The maximum Gasteiger partial charge on any atom is 0.167 e. The van der Waals surface area contributed by atoms with E-state index in [1.54, 1.807) is 11.0 Å². The maximum absolute atomic E-state index is 6.36. The molecule has 0 aliphatic carbocycles. The summed E-state index contributed by atoms with van der Waals surface area (Å²) in [4.78, 5) is 11.0. The molecule has 3 heterocycles. The van der Waals surface area contributed by atoms with Gasteiger partial charge in [-0.2, -0.15) is 5.10 Å². The van der Waals surface area contributed by atoms with Crippen LogP contribution >= 0.6 is 23.2 Å². The normalized spacial score (nSPS) is 11.9. The van der Waals surface area contributed by atoms with Crippen LogP contribution in [0.15, 0.2) is 55.1 Å². The van der Waals surface area contributed by atoms with Gasteiger partial charge in [-0.1, -0.05) is 23.2 Å². The van der Waals surface area contributed by atoms with Gasteiger partial charge in [-0.05, 0) is 42.5 Å². The zero-order valence-corrected chi connectivity index (χ0v) is 17.8. The van der Waals surface area contributed by atoms with Crippen molar-refractivity contribution < 1.29 is 4.74 Å². The van der Waals surface area contributed by atoms with E-state index in [1.165, 1.54) is 6.33 Å². The molecular weight excluding hydrogens is 433 g/mol. The Hall–Kier alpha value is -3.22. The Bertz CT molecular complexity index is 1470.